The summed E-state index contributed by atoms with van der Waals surface area (Å²) in [6, 6.07) is 27.8. The smallest absolute Gasteiger partial charge is 0.0321 e. The molecule has 0 heteroatoms. The first-order valence-corrected chi connectivity index (χ1v) is 11.2. The lowest BCUT2D eigenvalue weighted by Gasteiger charge is -2.11. The fraction of sp³-hybridized carbons (Fsp3) is 0. The quantitative estimate of drug-likeness (QED) is 0.161. The van der Waals surface area contributed by atoms with Crippen molar-refractivity contribution in [2.24, 2.45) is 0 Å². The van der Waals surface area contributed by atoms with Crippen LogP contribution in [0.5, 0.6) is 0 Å². The lowest BCUT2D eigenvalue weighted by atomic mass is 9.93. The third-order valence-corrected chi connectivity index (χ3v) is 5.74. The van der Waals surface area contributed by atoms with Crippen LogP contribution in [0, 0.1) is 11.8 Å². The van der Waals surface area contributed by atoms with E-state index in [-0.39, 0.29) is 0 Å². The molecule has 0 saturated carbocycles. The summed E-state index contributed by atoms with van der Waals surface area (Å²) >= 11 is 0. The van der Waals surface area contributed by atoms with Gasteiger partial charge in [-0.3, -0.25) is 0 Å². The highest BCUT2D eigenvalue weighted by Crippen LogP contribution is 2.34. The van der Waals surface area contributed by atoms with E-state index in [1.165, 1.54) is 32.7 Å². The fourth-order valence-corrected chi connectivity index (χ4v) is 3.96. The van der Waals surface area contributed by atoms with Crippen LogP contribution in [-0.4, -0.2) is 0 Å². The molecule has 0 N–H and O–H groups in total. The highest BCUT2D eigenvalue weighted by atomic mass is 14.1. The van der Waals surface area contributed by atoms with E-state index in [1.807, 2.05) is 18.2 Å². The van der Waals surface area contributed by atoms with Gasteiger partial charge in [0.05, 0.1) is 0 Å². The summed E-state index contributed by atoms with van der Waals surface area (Å²) in [6.07, 6.45) is 8.99. The molecule has 0 aliphatic carbocycles. The molecule has 4 aromatic rings. The van der Waals surface area contributed by atoms with E-state index in [0.29, 0.717) is 0 Å². The second-order valence-electron chi connectivity index (χ2n) is 7.93. The Kier molecular flexibility index (Phi) is 6.87. The molecule has 0 heterocycles. The minimum Gasteiger partial charge on any atom is -0.0991 e. The molecule has 0 radical (unpaired) electrons. The van der Waals surface area contributed by atoms with Gasteiger partial charge in [-0.15, -0.1) is 0 Å². The molecule has 0 unspecified atom stereocenters. The van der Waals surface area contributed by atoms with Crippen LogP contribution in [0.15, 0.2) is 152 Å². The maximum absolute atomic E-state index is 4.14. The van der Waals surface area contributed by atoms with Gasteiger partial charge < -0.3 is 0 Å². The number of hydrogen-bond acceptors (Lipinski definition) is 0. The van der Waals surface area contributed by atoms with Crippen molar-refractivity contribution in [3.63, 3.8) is 0 Å². The van der Waals surface area contributed by atoms with Crippen LogP contribution in [0.3, 0.4) is 0 Å². The van der Waals surface area contributed by atoms with E-state index in [0.717, 1.165) is 22.3 Å². The number of rotatable bonds is 6. The van der Waals surface area contributed by atoms with Gasteiger partial charge in [0, 0.05) is 11.1 Å². The zero-order valence-corrected chi connectivity index (χ0v) is 19.2. The van der Waals surface area contributed by atoms with Gasteiger partial charge >= 0.3 is 0 Å². The zero-order valence-electron chi connectivity index (χ0n) is 19.2. The first kappa shape index (κ1) is 22.6. The van der Waals surface area contributed by atoms with Crippen molar-refractivity contribution in [3.05, 3.63) is 158 Å². The summed E-state index contributed by atoms with van der Waals surface area (Å²) in [5.41, 5.74) is 5.68. The third-order valence-electron chi connectivity index (χ3n) is 5.74. The van der Waals surface area contributed by atoms with Gasteiger partial charge in [-0.05, 0) is 68.1 Å². The summed E-state index contributed by atoms with van der Waals surface area (Å²) in [6.45, 7) is 15.7. The van der Waals surface area contributed by atoms with Crippen LogP contribution in [0.1, 0.15) is 5.56 Å². The standard InChI is InChI=1S/C34H26/c1-5-7-13-25(3)26(4)28(12-6-2)21-18-27-19-22-29(23-20-27)34-24-30-14-8-9-15-31(30)32-16-10-11-17-33(32)34/h5-17,19-20,22-24H,1-4H2/b13-7-,28-12-. The number of hydrogen-bond donors (Lipinski definition) is 0. The van der Waals surface area contributed by atoms with Gasteiger partial charge in [-0.25, -0.2) is 0 Å². The molecule has 0 atom stereocenters. The van der Waals surface area contributed by atoms with Crippen molar-refractivity contribution < 1.29 is 0 Å². The van der Waals surface area contributed by atoms with Gasteiger partial charge in [-0.1, -0.05) is 123 Å². The normalized spacial score (nSPS) is 11.2. The van der Waals surface area contributed by atoms with Crippen molar-refractivity contribution >= 4 is 21.5 Å². The van der Waals surface area contributed by atoms with E-state index in [1.54, 1.807) is 12.2 Å². The Labute approximate surface area is 202 Å². The topological polar surface area (TPSA) is 0 Å². The van der Waals surface area contributed by atoms with E-state index in [2.05, 4.69) is 117 Å². The predicted octanol–water partition coefficient (Wildman–Crippen LogP) is 8.98. The van der Waals surface area contributed by atoms with Crippen LogP contribution < -0.4 is 0 Å². The fourth-order valence-electron chi connectivity index (χ4n) is 3.96. The van der Waals surface area contributed by atoms with Crippen molar-refractivity contribution in [2.75, 3.05) is 0 Å². The molecule has 0 fully saturated rings. The van der Waals surface area contributed by atoms with Crippen molar-refractivity contribution in [3.8, 4) is 23.0 Å². The van der Waals surface area contributed by atoms with Gasteiger partial charge in [0.15, 0.2) is 0 Å². The summed E-state index contributed by atoms with van der Waals surface area (Å²) < 4.78 is 0. The first-order chi connectivity index (χ1) is 16.6. The Morgan fingerprint density at radius 1 is 0.735 bits per heavy atom. The molecular weight excluding hydrogens is 408 g/mol. The third kappa shape index (κ3) is 4.75. The molecule has 0 aromatic heterocycles. The molecule has 0 spiro atoms. The molecule has 0 nitrogen and oxygen atoms in total. The second-order valence-corrected chi connectivity index (χ2v) is 7.93. The minimum atomic E-state index is 0.768. The molecule has 0 bridgehead atoms. The van der Waals surface area contributed by atoms with Crippen LogP contribution >= 0.6 is 0 Å². The summed E-state index contributed by atoms with van der Waals surface area (Å²) in [4.78, 5) is 0. The molecule has 0 saturated heterocycles. The van der Waals surface area contributed by atoms with Crippen molar-refractivity contribution in [1.82, 2.24) is 0 Å². The largest absolute Gasteiger partial charge is 0.0991 e. The van der Waals surface area contributed by atoms with Crippen LogP contribution in [0.2, 0.25) is 0 Å². The lowest BCUT2D eigenvalue weighted by Crippen LogP contribution is -1.88. The van der Waals surface area contributed by atoms with Gasteiger partial charge in [-0.2, -0.15) is 0 Å². The molecular formula is C34H26. The zero-order chi connectivity index (χ0) is 23.9. The second kappa shape index (κ2) is 10.3. The monoisotopic (exact) mass is 434 g/mol. The molecule has 162 valence electrons. The minimum absolute atomic E-state index is 0.768. The molecule has 0 amide bonds. The summed E-state index contributed by atoms with van der Waals surface area (Å²) in [7, 11) is 0. The molecule has 0 aliphatic rings. The Hall–Kier alpha value is -4.60. The highest BCUT2D eigenvalue weighted by Gasteiger charge is 2.08. The number of benzene rings is 4. The molecule has 0 aliphatic heterocycles. The maximum atomic E-state index is 4.14. The maximum Gasteiger partial charge on any atom is 0.0321 e. The summed E-state index contributed by atoms with van der Waals surface area (Å²) in [5, 5.41) is 5.03. The van der Waals surface area contributed by atoms with Crippen LogP contribution in [0.4, 0.5) is 0 Å². The van der Waals surface area contributed by atoms with Gasteiger partial charge in [0.25, 0.3) is 0 Å². The van der Waals surface area contributed by atoms with E-state index >= 15 is 0 Å². The van der Waals surface area contributed by atoms with Crippen LogP contribution in [-0.2, 0) is 0 Å². The van der Waals surface area contributed by atoms with Crippen LogP contribution in [0.25, 0.3) is 32.7 Å². The SMILES string of the molecule is C=C/C=C\C(=C)C(=C)/C(C#Cc1ccc(-c2cc3ccccc3c3ccccc23)cc1)=C\C=C. The van der Waals surface area contributed by atoms with E-state index in [4.69, 9.17) is 0 Å². The van der Waals surface area contributed by atoms with Gasteiger partial charge in [0.1, 0.15) is 0 Å². The van der Waals surface area contributed by atoms with E-state index < -0.39 is 0 Å². The lowest BCUT2D eigenvalue weighted by molar-refractivity contribution is 1.52. The Morgan fingerprint density at radius 3 is 2.12 bits per heavy atom. The molecule has 4 aromatic carbocycles. The Balaban J connectivity index is 1.68. The highest BCUT2D eigenvalue weighted by molar-refractivity contribution is 6.13. The van der Waals surface area contributed by atoms with Crippen molar-refractivity contribution in [2.45, 2.75) is 0 Å². The molecule has 34 heavy (non-hydrogen) atoms. The summed E-state index contributed by atoms with van der Waals surface area (Å²) in [5.74, 6) is 6.48. The molecule has 4 rings (SSSR count). The predicted molar refractivity (Wildman–Crippen MR) is 150 cm³/mol. The number of fused-ring (bicyclic) bond motifs is 3. The van der Waals surface area contributed by atoms with Gasteiger partial charge in [0.2, 0.25) is 0 Å². The first-order valence-electron chi connectivity index (χ1n) is 11.2. The Morgan fingerprint density at radius 2 is 1.41 bits per heavy atom. The number of allylic oxidation sites excluding steroid dienone is 8. The van der Waals surface area contributed by atoms with E-state index in [9.17, 15) is 0 Å². The Bertz CT molecular complexity index is 1540. The average Bonchev–Trinajstić information content (AvgIpc) is 2.89. The average molecular weight is 435 g/mol. The van der Waals surface area contributed by atoms with Crippen molar-refractivity contribution in [1.29, 1.82) is 0 Å².